The van der Waals surface area contributed by atoms with Crippen LogP contribution < -0.4 is 20.1 Å². The van der Waals surface area contributed by atoms with Gasteiger partial charge >= 0.3 is 0 Å². The van der Waals surface area contributed by atoms with Crippen LogP contribution in [-0.2, 0) is 11.3 Å². The van der Waals surface area contributed by atoms with Crippen LogP contribution in [0.1, 0.15) is 12.0 Å². The van der Waals surface area contributed by atoms with Crippen LogP contribution in [-0.4, -0.2) is 42.1 Å². The number of rotatable bonds is 7. The zero-order valence-electron chi connectivity index (χ0n) is 15.6. The van der Waals surface area contributed by atoms with Gasteiger partial charge in [0.1, 0.15) is 11.5 Å². The van der Waals surface area contributed by atoms with E-state index in [9.17, 15) is 4.79 Å². The molecule has 1 aromatic heterocycles. The molecule has 3 rings (SSSR count). The molecule has 1 aliphatic rings. The molecule has 28 heavy (non-hydrogen) atoms. The van der Waals surface area contributed by atoms with Gasteiger partial charge in [-0.2, -0.15) is 11.8 Å². The molecule has 6 nitrogen and oxygen atoms in total. The normalized spacial score (nSPS) is 15.5. The van der Waals surface area contributed by atoms with Crippen molar-refractivity contribution in [3.8, 4) is 17.4 Å². The van der Waals surface area contributed by atoms with Crippen molar-refractivity contribution >= 4 is 42.5 Å². The van der Waals surface area contributed by atoms with Crippen molar-refractivity contribution in [2.45, 2.75) is 19.0 Å². The minimum absolute atomic E-state index is 0. The van der Waals surface area contributed by atoms with E-state index in [1.807, 2.05) is 42.1 Å². The van der Waals surface area contributed by atoms with Gasteiger partial charge in [-0.15, -0.1) is 24.8 Å². The topological polar surface area (TPSA) is 72.5 Å². The van der Waals surface area contributed by atoms with Crippen molar-refractivity contribution in [1.29, 1.82) is 0 Å². The summed E-state index contributed by atoms with van der Waals surface area (Å²) in [6.07, 6.45) is 2.16. The molecule has 0 aliphatic carbocycles. The van der Waals surface area contributed by atoms with Crippen molar-refractivity contribution in [1.82, 2.24) is 15.6 Å². The first kappa shape index (κ1) is 24.4. The van der Waals surface area contributed by atoms with Crippen LogP contribution in [0.4, 0.5) is 0 Å². The van der Waals surface area contributed by atoms with Gasteiger partial charge in [0.15, 0.2) is 0 Å². The van der Waals surface area contributed by atoms with Gasteiger partial charge in [-0.05, 0) is 18.2 Å². The zero-order valence-corrected chi connectivity index (χ0v) is 18.0. The Bertz CT molecular complexity index is 746. The summed E-state index contributed by atoms with van der Waals surface area (Å²) < 4.78 is 11.1. The molecule has 1 atom stereocenters. The van der Waals surface area contributed by atoms with Crippen LogP contribution in [0, 0.1) is 0 Å². The molecule has 1 amide bonds. The second-order valence-corrected chi connectivity index (χ2v) is 7.11. The molecule has 1 unspecified atom stereocenters. The number of amides is 1. The van der Waals surface area contributed by atoms with Crippen LogP contribution in [0.25, 0.3) is 0 Å². The SMILES string of the molecule is COc1cccc(Oc2ncccc2CNC(=O)CC2CSCCN2)c1.Cl.Cl. The van der Waals surface area contributed by atoms with E-state index >= 15 is 0 Å². The molecule has 1 aliphatic heterocycles. The number of methoxy groups -OCH3 is 1. The summed E-state index contributed by atoms with van der Waals surface area (Å²) in [6, 6.07) is 11.3. The van der Waals surface area contributed by atoms with Crippen LogP contribution >= 0.6 is 36.6 Å². The van der Waals surface area contributed by atoms with Crippen molar-refractivity contribution in [2.75, 3.05) is 25.2 Å². The lowest BCUT2D eigenvalue weighted by molar-refractivity contribution is -0.121. The molecule has 1 fully saturated rings. The lowest BCUT2D eigenvalue weighted by Crippen LogP contribution is -2.41. The summed E-state index contributed by atoms with van der Waals surface area (Å²) in [4.78, 5) is 16.5. The van der Waals surface area contributed by atoms with Gasteiger partial charge in [0.2, 0.25) is 11.8 Å². The second kappa shape index (κ2) is 12.7. The standard InChI is InChI=1S/C19H23N3O3S.2ClH/c1-24-16-5-2-6-17(11-16)25-19-14(4-3-7-21-19)12-22-18(23)10-15-13-26-9-8-20-15;;/h2-7,11,15,20H,8-10,12-13H2,1H3,(H,22,23);2*1H. The second-order valence-electron chi connectivity index (χ2n) is 5.96. The number of hydrogen-bond donors (Lipinski definition) is 2. The summed E-state index contributed by atoms with van der Waals surface area (Å²) >= 11 is 1.88. The van der Waals surface area contributed by atoms with Gasteiger partial charge in [-0.25, -0.2) is 4.98 Å². The number of aromatic nitrogens is 1. The van der Waals surface area contributed by atoms with Crippen molar-refractivity contribution in [2.24, 2.45) is 0 Å². The number of halogens is 2. The Balaban J connectivity index is 0.00000196. The number of nitrogens with zero attached hydrogens (tertiary/aromatic N) is 1. The first-order chi connectivity index (χ1) is 12.7. The van der Waals surface area contributed by atoms with Crippen molar-refractivity contribution in [3.63, 3.8) is 0 Å². The van der Waals surface area contributed by atoms with Crippen LogP contribution in [0.3, 0.4) is 0 Å². The number of ether oxygens (including phenoxy) is 2. The molecule has 2 N–H and O–H groups in total. The highest BCUT2D eigenvalue weighted by atomic mass is 35.5. The zero-order chi connectivity index (χ0) is 18.2. The summed E-state index contributed by atoms with van der Waals surface area (Å²) in [7, 11) is 1.61. The van der Waals surface area contributed by atoms with Gasteiger partial charge in [0, 0.05) is 54.9 Å². The minimum atomic E-state index is 0. The van der Waals surface area contributed by atoms with Gasteiger partial charge < -0.3 is 20.1 Å². The van der Waals surface area contributed by atoms with E-state index in [0.717, 1.165) is 23.6 Å². The van der Waals surface area contributed by atoms with Crippen LogP contribution in [0.5, 0.6) is 17.4 Å². The summed E-state index contributed by atoms with van der Waals surface area (Å²) in [5.74, 6) is 3.95. The fraction of sp³-hybridized carbons (Fsp3) is 0.368. The highest BCUT2D eigenvalue weighted by Gasteiger charge is 2.17. The van der Waals surface area contributed by atoms with E-state index in [1.54, 1.807) is 19.4 Å². The molecule has 154 valence electrons. The van der Waals surface area contributed by atoms with Gasteiger partial charge in [0.25, 0.3) is 0 Å². The monoisotopic (exact) mass is 445 g/mol. The van der Waals surface area contributed by atoms with Crippen molar-refractivity contribution < 1.29 is 14.3 Å². The number of carbonyl (C=O) groups excluding carboxylic acids is 1. The quantitative estimate of drug-likeness (QED) is 0.679. The highest BCUT2D eigenvalue weighted by Crippen LogP contribution is 2.26. The number of pyridine rings is 1. The maximum absolute atomic E-state index is 12.2. The highest BCUT2D eigenvalue weighted by molar-refractivity contribution is 7.99. The molecular weight excluding hydrogens is 421 g/mol. The number of nitrogens with one attached hydrogen (secondary N) is 2. The number of thioether (sulfide) groups is 1. The first-order valence-electron chi connectivity index (χ1n) is 8.58. The van der Waals surface area contributed by atoms with Crippen molar-refractivity contribution in [3.05, 3.63) is 48.2 Å². The Kier molecular flexibility index (Phi) is 11.1. The third-order valence-electron chi connectivity index (χ3n) is 4.01. The van der Waals surface area contributed by atoms with Gasteiger partial charge in [0.05, 0.1) is 7.11 Å². The largest absolute Gasteiger partial charge is 0.497 e. The maximum atomic E-state index is 12.2. The third kappa shape index (κ3) is 7.39. The Morgan fingerprint density at radius 2 is 2.11 bits per heavy atom. The Morgan fingerprint density at radius 3 is 2.86 bits per heavy atom. The van der Waals surface area contributed by atoms with E-state index in [0.29, 0.717) is 30.3 Å². The molecule has 2 heterocycles. The van der Waals surface area contributed by atoms with E-state index in [1.165, 1.54) is 0 Å². The molecular formula is C19H25Cl2N3O3S. The number of hydrogen-bond acceptors (Lipinski definition) is 6. The van der Waals surface area contributed by atoms with E-state index in [-0.39, 0.29) is 36.8 Å². The number of carbonyl (C=O) groups is 1. The Hall–Kier alpha value is -1.67. The smallest absolute Gasteiger partial charge is 0.224 e. The molecule has 0 radical (unpaired) electrons. The number of benzene rings is 1. The summed E-state index contributed by atoms with van der Waals surface area (Å²) in [5.41, 5.74) is 0.828. The van der Waals surface area contributed by atoms with Crippen LogP contribution in [0.2, 0.25) is 0 Å². The summed E-state index contributed by atoms with van der Waals surface area (Å²) in [6.45, 7) is 1.34. The molecule has 0 bridgehead atoms. The lowest BCUT2D eigenvalue weighted by atomic mass is 10.2. The fourth-order valence-electron chi connectivity index (χ4n) is 2.67. The molecule has 9 heteroatoms. The van der Waals surface area contributed by atoms with Crippen LogP contribution in [0.15, 0.2) is 42.6 Å². The molecule has 1 aromatic carbocycles. The predicted molar refractivity (Wildman–Crippen MR) is 117 cm³/mol. The fourth-order valence-corrected chi connectivity index (χ4v) is 3.62. The Morgan fingerprint density at radius 1 is 1.29 bits per heavy atom. The van der Waals surface area contributed by atoms with E-state index < -0.39 is 0 Å². The average molecular weight is 446 g/mol. The molecule has 2 aromatic rings. The van der Waals surface area contributed by atoms with Gasteiger partial charge in [-0.1, -0.05) is 12.1 Å². The summed E-state index contributed by atoms with van der Waals surface area (Å²) in [5, 5.41) is 6.33. The first-order valence-corrected chi connectivity index (χ1v) is 9.73. The molecule has 0 spiro atoms. The predicted octanol–water partition coefficient (Wildman–Crippen LogP) is 3.44. The van der Waals surface area contributed by atoms with E-state index in [4.69, 9.17) is 9.47 Å². The molecule has 0 saturated carbocycles. The third-order valence-corrected chi connectivity index (χ3v) is 5.14. The minimum Gasteiger partial charge on any atom is -0.497 e. The molecule has 1 saturated heterocycles. The van der Waals surface area contributed by atoms with E-state index in [2.05, 4.69) is 15.6 Å². The van der Waals surface area contributed by atoms with Gasteiger partial charge in [-0.3, -0.25) is 4.79 Å². The lowest BCUT2D eigenvalue weighted by Gasteiger charge is -2.22. The maximum Gasteiger partial charge on any atom is 0.224 e. The Labute approximate surface area is 182 Å². The average Bonchev–Trinajstić information content (AvgIpc) is 2.68.